The lowest BCUT2D eigenvalue weighted by Gasteiger charge is -2.14. The monoisotopic (exact) mass is 964 g/mol. The van der Waals surface area contributed by atoms with Crippen molar-refractivity contribution in [2.24, 2.45) is 0 Å². The minimum Gasteiger partial charge on any atom is -0.778 e. The molecule has 3 N–H and O–H groups in total. The number of carboxylic acid groups (broad SMARTS) is 1. The van der Waals surface area contributed by atoms with Crippen molar-refractivity contribution in [1.29, 1.82) is 0 Å². The predicted molar refractivity (Wildman–Crippen MR) is 241 cm³/mol. The van der Waals surface area contributed by atoms with E-state index >= 15 is 0 Å². The summed E-state index contributed by atoms with van der Waals surface area (Å²) in [6.45, 7) is 1.72. The average Bonchev–Trinajstić information content (AvgIpc) is 3.18. The van der Waals surface area contributed by atoms with Crippen LogP contribution < -0.4 is 19.7 Å². The molecule has 0 amide bonds. The number of benzene rings is 3. The molecule has 0 bridgehead atoms. The summed E-state index contributed by atoms with van der Waals surface area (Å²) in [6, 6.07) is 19.3. The largest absolute Gasteiger partial charge is 0.778 e. The van der Waals surface area contributed by atoms with Gasteiger partial charge in [0.2, 0.25) is 0 Å². The number of nitro groups is 1. The van der Waals surface area contributed by atoms with E-state index in [4.69, 9.17) is 54.3 Å². The van der Waals surface area contributed by atoms with Crippen LogP contribution in [0.2, 0.25) is 15.2 Å². The second kappa shape index (κ2) is 30.1. The van der Waals surface area contributed by atoms with E-state index in [1.54, 1.807) is 12.1 Å². The van der Waals surface area contributed by atoms with Crippen LogP contribution in [0.3, 0.4) is 0 Å². The van der Waals surface area contributed by atoms with Gasteiger partial charge in [0.1, 0.15) is 30.4 Å². The molecule has 0 spiro atoms. The summed E-state index contributed by atoms with van der Waals surface area (Å²) in [5.74, 6) is -0.400. The lowest BCUT2D eigenvalue weighted by molar-refractivity contribution is -0.385. The van der Waals surface area contributed by atoms with Crippen molar-refractivity contribution in [2.75, 3.05) is 44.5 Å². The molecule has 0 saturated carbocycles. The maximum atomic E-state index is 12.1. The number of hydrogen-bond acceptors (Lipinski definition) is 14. The van der Waals surface area contributed by atoms with E-state index in [2.05, 4.69) is 40.6 Å². The summed E-state index contributed by atoms with van der Waals surface area (Å²) in [5, 5.41) is 29.4. The van der Waals surface area contributed by atoms with Crippen LogP contribution in [0.4, 0.5) is 10.5 Å². The number of aromatic nitrogens is 2. The molecule has 0 saturated heterocycles. The van der Waals surface area contributed by atoms with Gasteiger partial charge in [-0.3, -0.25) is 20.2 Å². The number of methoxy groups -OCH3 is 1. The highest BCUT2D eigenvalue weighted by Gasteiger charge is 2.22. The second-order valence-corrected chi connectivity index (χ2v) is 19.0. The lowest BCUT2D eigenvalue weighted by atomic mass is 10.1. The van der Waals surface area contributed by atoms with Gasteiger partial charge in [0.15, 0.2) is 10.9 Å². The Kier molecular flexibility index (Phi) is 27.2. The highest BCUT2D eigenvalue weighted by atomic mass is 35.5. The summed E-state index contributed by atoms with van der Waals surface area (Å²) in [4.78, 5) is 61.7. The minimum atomic E-state index is -4.35. The number of carboxylic acids is 1. The number of halogens is 3. The maximum Gasteiger partial charge on any atom is 0.372 e. The van der Waals surface area contributed by atoms with Gasteiger partial charge < -0.3 is 33.7 Å². The zero-order valence-corrected chi connectivity index (χ0v) is 38.8. The SMILES string of the molecule is CCCCCCCCSC(=O)Oc1cc(Cl)nnc1-c1ccccc1.COC(=O)c1cc(Oc2ccc(Cl)cc2Cl)ccc1[N+](=O)[O-].C[S+](C)C.O=C(O)CNCP(=O)([O-])O. The molecule has 0 aliphatic heterocycles. The number of hydrogen-bond donors (Lipinski definition) is 3. The third-order valence-corrected chi connectivity index (χ3v) is 9.12. The van der Waals surface area contributed by atoms with Crippen molar-refractivity contribution < 1.29 is 53.0 Å². The number of carbonyl (C=O) groups excluding carboxylic acids is 2. The van der Waals surface area contributed by atoms with Gasteiger partial charge in [0.05, 0.1) is 48.7 Å². The average molecular weight is 966 g/mol. The Bertz CT molecular complexity index is 2050. The van der Waals surface area contributed by atoms with Crippen molar-refractivity contribution in [3.8, 4) is 28.5 Å². The molecule has 0 radical (unpaired) electrons. The smallest absolute Gasteiger partial charge is 0.372 e. The Labute approximate surface area is 376 Å². The Morgan fingerprint density at radius 3 is 2.13 bits per heavy atom. The van der Waals surface area contributed by atoms with E-state index in [9.17, 15) is 34.0 Å². The zero-order valence-electron chi connectivity index (χ0n) is 34.0. The van der Waals surface area contributed by atoms with E-state index in [0.717, 1.165) is 37.3 Å². The van der Waals surface area contributed by atoms with Crippen LogP contribution in [-0.4, -0.2) is 86.8 Å². The topological polar surface area (TPSA) is 240 Å². The first-order chi connectivity index (χ1) is 28.8. The van der Waals surface area contributed by atoms with Gasteiger partial charge in [-0.2, -0.15) is 0 Å². The van der Waals surface area contributed by atoms with E-state index in [1.165, 1.54) is 61.7 Å². The summed E-state index contributed by atoms with van der Waals surface area (Å²) < 4.78 is 25.4. The predicted octanol–water partition coefficient (Wildman–Crippen LogP) is 9.53. The van der Waals surface area contributed by atoms with Crippen LogP contribution in [0.15, 0.2) is 72.8 Å². The number of esters is 1. The van der Waals surface area contributed by atoms with Crippen LogP contribution in [0.1, 0.15) is 55.8 Å². The third-order valence-electron chi connectivity index (χ3n) is 6.97. The second-order valence-electron chi connectivity index (χ2n) is 12.7. The van der Waals surface area contributed by atoms with Crippen molar-refractivity contribution in [3.63, 3.8) is 0 Å². The third kappa shape index (κ3) is 24.9. The van der Waals surface area contributed by atoms with Gasteiger partial charge in [0, 0.05) is 34.5 Å². The molecule has 3 aromatic carbocycles. The first kappa shape index (κ1) is 55.0. The molecule has 4 rings (SSSR count). The summed E-state index contributed by atoms with van der Waals surface area (Å²) >= 11 is 18.9. The summed E-state index contributed by atoms with van der Waals surface area (Å²) in [5.41, 5.74) is 0.755. The van der Waals surface area contributed by atoms with Gasteiger partial charge in [-0.25, -0.2) is 9.59 Å². The van der Waals surface area contributed by atoms with Crippen LogP contribution in [0, 0.1) is 10.1 Å². The van der Waals surface area contributed by atoms with Crippen molar-refractivity contribution in [2.45, 2.75) is 45.4 Å². The molecule has 16 nitrogen and oxygen atoms in total. The number of nitrogens with zero attached hydrogens (tertiary/aromatic N) is 3. The molecule has 1 aromatic heterocycles. The van der Waals surface area contributed by atoms with Crippen LogP contribution in [-0.2, 0) is 25.0 Å². The Morgan fingerprint density at radius 2 is 1.56 bits per heavy atom. The number of rotatable bonds is 17. The van der Waals surface area contributed by atoms with Crippen LogP contribution in [0.5, 0.6) is 17.2 Å². The van der Waals surface area contributed by atoms with E-state index < -0.39 is 37.3 Å². The number of nitrogens with one attached hydrogen (secondary N) is 1. The molecule has 1 heterocycles. The van der Waals surface area contributed by atoms with E-state index in [1.807, 2.05) is 35.6 Å². The Hall–Kier alpha value is -3.97. The number of ether oxygens (including phenoxy) is 3. The van der Waals surface area contributed by atoms with Crippen molar-refractivity contribution in [3.05, 3.63) is 104 Å². The molecule has 0 aliphatic rings. The Morgan fingerprint density at radius 1 is 0.918 bits per heavy atom. The maximum absolute atomic E-state index is 12.1. The van der Waals surface area contributed by atoms with Crippen molar-refractivity contribution >= 4 is 88.0 Å². The molecule has 0 fully saturated rings. The summed E-state index contributed by atoms with van der Waals surface area (Å²) in [7, 11) is -2.57. The fourth-order valence-electron chi connectivity index (χ4n) is 4.38. The number of aliphatic carboxylic acids is 1. The highest BCUT2D eigenvalue weighted by Crippen LogP contribution is 2.34. The molecule has 1 unspecified atom stereocenters. The van der Waals surface area contributed by atoms with Crippen LogP contribution >= 0.6 is 54.2 Å². The fraction of sp³-hybridized carbons (Fsp3) is 0.359. The first-order valence-electron chi connectivity index (χ1n) is 18.1. The fourth-order valence-corrected chi connectivity index (χ4v) is 6.03. The molecule has 61 heavy (non-hydrogen) atoms. The zero-order chi connectivity index (χ0) is 46.0. The van der Waals surface area contributed by atoms with Gasteiger partial charge >= 0.3 is 17.2 Å². The first-order valence-corrected chi connectivity index (χ1v) is 24.5. The summed E-state index contributed by atoms with van der Waals surface area (Å²) in [6.07, 6.45) is 13.1. The number of nitro benzene ring substituents is 1. The van der Waals surface area contributed by atoms with E-state index in [0.29, 0.717) is 33.1 Å². The molecule has 1 atom stereocenters. The molecular formula is C39H48Cl3N4O12PS2. The lowest BCUT2D eigenvalue weighted by Crippen LogP contribution is -2.25. The Balaban J connectivity index is 0.000000470. The highest BCUT2D eigenvalue weighted by molar-refractivity contribution is 8.13. The number of thioether (sulfide) groups is 1. The number of unbranched alkanes of at least 4 members (excludes halogenated alkanes) is 5. The van der Waals surface area contributed by atoms with Crippen LogP contribution in [0.25, 0.3) is 11.3 Å². The molecule has 334 valence electrons. The molecule has 4 aromatic rings. The normalized spacial score (nSPS) is 11.3. The standard InChI is InChI=1S/C19H23ClN2O2S.C14H9Cl2NO5.C3H8NO5P.C3H9S/c1-2-3-4-5-6-10-13-25-19(23)24-16-14-17(20)21-22-18(16)15-11-8-7-9-12-15;1-21-14(18)10-7-9(3-4-12(10)17(19)20)22-13-5-2-8(15)6-11(13)16;5-3(6)1-4-2-10(7,8)9;1-4(2)3/h7-9,11-12,14H,2-6,10,13H2,1H3;2-7H,1H3;4H,1-2H2,(H,5,6)(H2,7,8,9);1-3H3/q;;;+1/p-1. The van der Waals surface area contributed by atoms with Gasteiger partial charge in [0.25, 0.3) is 5.69 Å². The van der Waals surface area contributed by atoms with Gasteiger partial charge in [-0.1, -0.05) is 104 Å². The molecule has 22 heteroatoms. The minimum absolute atomic E-state index is 0.198. The molecular weight excluding hydrogens is 918 g/mol. The van der Waals surface area contributed by atoms with Crippen molar-refractivity contribution in [1.82, 2.24) is 15.5 Å². The quantitative estimate of drug-likeness (QED) is 0.0223. The van der Waals surface area contributed by atoms with E-state index in [-0.39, 0.29) is 32.5 Å². The van der Waals surface area contributed by atoms with Gasteiger partial charge in [-0.15, -0.1) is 10.2 Å². The van der Waals surface area contributed by atoms with Gasteiger partial charge in [-0.05, 0) is 53.3 Å². The number of carbonyl (C=O) groups is 3. The molecule has 0 aliphatic carbocycles.